The molecule has 2 rings (SSSR count). The van der Waals surface area contributed by atoms with Crippen LogP contribution in [0.15, 0.2) is 4.52 Å². The fourth-order valence-electron chi connectivity index (χ4n) is 2.55. The van der Waals surface area contributed by atoms with Gasteiger partial charge in [0, 0.05) is 17.9 Å². The first-order chi connectivity index (χ1) is 9.63. The number of amides is 1. The zero-order valence-electron chi connectivity index (χ0n) is 12.1. The van der Waals surface area contributed by atoms with Crippen molar-refractivity contribution in [3.05, 3.63) is 17.0 Å². The van der Waals surface area contributed by atoms with Crippen molar-refractivity contribution in [2.45, 2.75) is 44.9 Å². The van der Waals surface area contributed by atoms with Gasteiger partial charge in [-0.05, 0) is 33.1 Å². The van der Waals surface area contributed by atoms with Crippen molar-refractivity contribution in [3.8, 4) is 0 Å². The van der Waals surface area contributed by atoms with E-state index >= 15 is 0 Å². The Bertz CT molecular complexity index is 442. The van der Waals surface area contributed by atoms with Gasteiger partial charge in [0.15, 0.2) is 0 Å². The minimum absolute atomic E-state index is 0.0101. The van der Waals surface area contributed by atoms with E-state index in [1.54, 1.807) is 11.8 Å². The average molecular weight is 298 g/mol. The van der Waals surface area contributed by atoms with Crippen LogP contribution < -0.4 is 0 Å². The lowest BCUT2D eigenvalue weighted by atomic mass is 10.0. The summed E-state index contributed by atoms with van der Waals surface area (Å²) in [7, 11) is 0. The quantitative estimate of drug-likeness (QED) is 0.899. The molecule has 1 N–H and O–H groups in total. The van der Waals surface area contributed by atoms with Crippen molar-refractivity contribution in [1.82, 2.24) is 10.1 Å². The Kier molecular flexibility index (Phi) is 5.48. The van der Waals surface area contributed by atoms with Crippen LogP contribution >= 0.6 is 11.8 Å². The number of nitrogens with zero attached hydrogens (tertiary/aromatic N) is 2. The van der Waals surface area contributed by atoms with Gasteiger partial charge in [0.1, 0.15) is 5.76 Å². The van der Waals surface area contributed by atoms with Crippen LogP contribution in [0.1, 0.15) is 36.3 Å². The monoisotopic (exact) mass is 298 g/mol. The Balaban J connectivity index is 1.83. The molecule has 0 bridgehead atoms. The van der Waals surface area contributed by atoms with Gasteiger partial charge in [-0.1, -0.05) is 5.16 Å². The fourth-order valence-corrected chi connectivity index (χ4v) is 3.61. The number of rotatable bonds is 5. The van der Waals surface area contributed by atoms with Gasteiger partial charge in [0.2, 0.25) is 5.91 Å². The van der Waals surface area contributed by atoms with Gasteiger partial charge < -0.3 is 14.5 Å². The highest BCUT2D eigenvalue weighted by Crippen LogP contribution is 2.22. The maximum Gasteiger partial charge on any atom is 0.232 e. The maximum atomic E-state index is 12.2. The van der Waals surface area contributed by atoms with Gasteiger partial charge in [-0.25, -0.2) is 0 Å². The van der Waals surface area contributed by atoms with Gasteiger partial charge in [-0.15, -0.1) is 11.8 Å². The highest BCUT2D eigenvalue weighted by molar-refractivity contribution is 7.99. The summed E-state index contributed by atoms with van der Waals surface area (Å²) in [5.41, 5.74) is 1.98. The molecule has 1 unspecified atom stereocenters. The summed E-state index contributed by atoms with van der Waals surface area (Å²) in [5, 5.41) is 13.2. The molecule has 1 fully saturated rings. The standard InChI is InChI=1S/C14H22N2O3S/c1-10-13(11(2)19-15-10)8-20-9-14(18)16-6-4-3-5-12(16)7-17/h12,17H,3-9H2,1-2H3. The number of likely N-dealkylation sites (tertiary alicyclic amines) is 1. The van der Waals surface area contributed by atoms with E-state index < -0.39 is 0 Å². The van der Waals surface area contributed by atoms with Crippen LogP contribution in [0.2, 0.25) is 0 Å². The minimum Gasteiger partial charge on any atom is -0.394 e. The maximum absolute atomic E-state index is 12.2. The number of aromatic nitrogens is 1. The molecule has 6 heteroatoms. The van der Waals surface area contributed by atoms with Gasteiger partial charge in [-0.3, -0.25) is 4.79 Å². The van der Waals surface area contributed by atoms with E-state index in [2.05, 4.69) is 5.16 Å². The van der Waals surface area contributed by atoms with E-state index in [1.807, 2.05) is 18.7 Å². The summed E-state index contributed by atoms with van der Waals surface area (Å²) >= 11 is 1.58. The van der Waals surface area contributed by atoms with E-state index in [1.165, 1.54) is 0 Å². The van der Waals surface area contributed by atoms with Crippen molar-refractivity contribution in [2.75, 3.05) is 18.9 Å². The van der Waals surface area contributed by atoms with Crippen LogP contribution in [-0.4, -0.2) is 46.0 Å². The van der Waals surface area contributed by atoms with Crippen molar-refractivity contribution < 1.29 is 14.4 Å². The lowest BCUT2D eigenvalue weighted by Gasteiger charge is -2.34. The third kappa shape index (κ3) is 3.55. The smallest absolute Gasteiger partial charge is 0.232 e. The molecule has 1 amide bonds. The number of hydrogen-bond acceptors (Lipinski definition) is 5. The number of hydrogen-bond donors (Lipinski definition) is 1. The van der Waals surface area contributed by atoms with Gasteiger partial charge >= 0.3 is 0 Å². The Labute approximate surface area is 123 Å². The summed E-state index contributed by atoms with van der Waals surface area (Å²) in [6.45, 7) is 4.65. The number of piperidine rings is 1. The molecule has 0 aliphatic carbocycles. The Morgan fingerprint density at radius 3 is 2.95 bits per heavy atom. The molecular weight excluding hydrogens is 276 g/mol. The van der Waals surface area contributed by atoms with Crippen LogP contribution in [0.5, 0.6) is 0 Å². The number of carbonyl (C=O) groups is 1. The van der Waals surface area contributed by atoms with E-state index in [-0.39, 0.29) is 18.6 Å². The molecule has 0 radical (unpaired) electrons. The molecule has 20 heavy (non-hydrogen) atoms. The number of carbonyl (C=O) groups excluding carboxylic acids is 1. The number of aliphatic hydroxyl groups is 1. The Morgan fingerprint density at radius 1 is 1.50 bits per heavy atom. The molecular formula is C14H22N2O3S. The van der Waals surface area contributed by atoms with Crippen molar-refractivity contribution in [2.24, 2.45) is 0 Å². The predicted octanol–water partition coefficient (Wildman–Crippen LogP) is 1.90. The van der Waals surface area contributed by atoms with Gasteiger partial charge in [0.05, 0.1) is 24.1 Å². The van der Waals surface area contributed by atoms with Crippen LogP contribution in [0.25, 0.3) is 0 Å². The zero-order valence-corrected chi connectivity index (χ0v) is 12.9. The van der Waals surface area contributed by atoms with Gasteiger partial charge in [-0.2, -0.15) is 0 Å². The second-order valence-electron chi connectivity index (χ2n) is 5.21. The zero-order chi connectivity index (χ0) is 14.5. The van der Waals surface area contributed by atoms with Crippen LogP contribution in [0.4, 0.5) is 0 Å². The molecule has 0 aromatic carbocycles. The summed E-state index contributed by atoms with van der Waals surface area (Å²) < 4.78 is 5.11. The van der Waals surface area contributed by atoms with Crippen molar-refractivity contribution in [1.29, 1.82) is 0 Å². The summed E-state index contributed by atoms with van der Waals surface area (Å²) in [4.78, 5) is 14.1. The topological polar surface area (TPSA) is 66.6 Å². The summed E-state index contributed by atoms with van der Waals surface area (Å²) in [6, 6.07) is 0.0101. The fraction of sp³-hybridized carbons (Fsp3) is 0.714. The second-order valence-corrected chi connectivity index (χ2v) is 6.20. The van der Waals surface area contributed by atoms with Crippen LogP contribution in [0, 0.1) is 13.8 Å². The van der Waals surface area contributed by atoms with Crippen molar-refractivity contribution >= 4 is 17.7 Å². The van der Waals surface area contributed by atoms with E-state index in [9.17, 15) is 9.90 Å². The lowest BCUT2D eigenvalue weighted by molar-refractivity contribution is -0.132. The molecule has 1 aromatic rings. The van der Waals surface area contributed by atoms with E-state index in [0.717, 1.165) is 48.6 Å². The second kappa shape index (κ2) is 7.13. The molecule has 1 saturated heterocycles. The predicted molar refractivity (Wildman–Crippen MR) is 78.6 cm³/mol. The number of thioether (sulfide) groups is 1. The summed E-state index contributed by atoms with van der Waals surface area (Å²) in [5.74, 6) is 2.14. The van der Waals surface area contributed by atoms with E-state index in [4.69, 9.17) is 4.52 Å². The van der Waals surface area contributed by atoms with Crippen molar-refractivity contribution in [3.63, 3.8) is 0 Å². The van der Waals surface area contributed by atoms with E-state index in [0.29, 0.717) is 5.75 Å². The molecule has 1 aliphatic heterocycles. The minimum atomic E-state index is 0.0101. The highest BCUT2D eigenvalue weighted by Gasteiger charge is 2.25. The molecule has 1 atom stereocenters. The van der Waals surface area contributed by atoms with Crippen LogP contribution in [-0.2, 0) is 10.5 Å². The molecule has 1 aromatic heterocycles. The molecule has 112 valence electrons. The molecule has 1 aliphatic rings. The first-order valence-corrected chi connectivity index (χ1v) is 8.18. The summed E-state index contributed by atoms with van der Waals surface area (Å²) in [6.07, 6.45) is 3.05. The first-order valence-electron chi connectivity index (χ1n) is 7.03. The molecule has 5 nitrogen and oxygen atoms in total. The Morgan fingerprint density at radius 2 is 2.30 bits per heavy atom. The molecule has 0 spiro atoms. The highest BCUT2D eigenvalue weighted by atomic mass is 32.2. The molecule has 0 saturated carbocycles. The number of aryl methyl sites for hydroxylation is 2. The normalized spacial score (nSPS) is 19.4. The Hall–Kier alpha value is -1.01. The molecule has 2 heterocycles. The lowest BCUT2D eigenvalue weighted by Crippen LogP contribution is -2.46. The third-order valence-corrected chi connectivity index (χ3v) is 4.76. The van der Waals surface area contributed by atoms with Gasteiger partial charge in [0.25, 0.3) is 0 Å². The van der Waals surface area contributed by atoms with Crippen LogP contribution in [0.3, 0.4) is 0 Å². The first kappa shape index (κ1) is 15.4. The largest absolute Gasteiger partial charge is 0.394 e. The number of aliphatic hydroxyl groups excluding tert-OH is 1. The SMILES string of the molecule is Cc1noc(C)c1CSCC(=O)N1CCCCC1CO. The average Bonchev–Trinajstić information content (AvgIpc) is 2.78. The third-order valence-electron chi connectivity index (χ3n) is 3.81.